The van der Waals surface area contributed by atoms with Gasteiger partial charge in [-0.2, -0.15) is 0 Å². The van der Waals surface area contributed by atoms with Crippen molar-refractivity contribution >= 4 is 10.8 Å². The van der Waals surface area contributed by atoms with Crippen molar-refractivity contribution in [2.45, 2.75) is 13.0 Å². The first-order valence-electron chi connectivity index (χ1n) is 5.48. The van der Waals surface area contributed by atoms with E-state index in [2.05, 4.69) is 17.9 Å². The van der Waals surface area contributed by atoms with E-state index in [0.717, 1.165) is 16.3 Å². The first-order chi connectivity index (χ1) is 7.61. The molecule has 0 aliphatic heterocycles. The summed E-state index contributed by atoms with van der Waals surface area (Å²) in [4.78, 5) is 2.09. The Balaban J connectivity index is 2.61. The van der Waals surface area contributed by atoms with Crippen molar-refractivity contribution in [3.63, 3.8) is 0 Å². The fraction of sp³-hybridized carbons (Fsp3) is 0.286. The Bertz CT molecular complexity index is 505. The molecule has 0 aliphatic carbocycles. The van der Waals surface area contributed by atoms with Crippen LogP contribution in [0.4, 0.5) is 0 Å². The highest BCUT2D eigenvalue weighted by molar-refractivity contribution is 5.89. The normalized spacial score (nSPS) is 13.2. The molecule has 1 atom stereocenters. The van der Waals surface area contributed by atoms with E-state index in [9.17, 15) is 5.11 Å². The minimum Gasteiger partial charge on any atom is -0.507 e. The minimum absolute atomic E-state index is 0.213. The predicted octanol–water partition coefficient (Wildman–Crippen LogP) is 3.17. The van der Waals surface area contributed by atoms with E-state index in [1.807, 2.05) is 44.4 Å². The van der Waals surface area contributed by atoms with E-state index in [0.29, 0.717) is 5.75 Å². The van der Waals surface area contributed by atoms with Crippen LogP contribution < -0.4 is 0 Å². The SMILES string of the molecule is CC(c1ccc2ccccc2c1O)N(C)C. The highest BCUT2D eigenvalue weighted by Crippen LogP contribution is 2.33. The van der Waals surface area contributed by atoms with Gasteiger partial charge in [0.2, 0.25) is 0 Å². The molecule has 2 aromatic carbocycles. The minimum atomic E-state index is 0.213. The second-order valence-electron chi connectivity index (χ2n) is 4.36. The van der Waals surface area contributed by atoms with E-state index in [1.54, 1.807) is 0 Å². The van der Waals surface area contributed by atoms with Gasteiger partial charge in [-0.05, 0) is 26.4 Å². The zero-order chi connectivity index (χ0) is 11.7. The third-order valence-corrected chi connectivity index (χ3v) is 3.16. The summed E-state index contributed by atoms with van der Waals surface area (Å²) in [5.74, 6) is 0.402. The third kappa shape index (κ3) is 1.76. The molecular formula is C14H17NO. The standard InChI is InChI=1S/C14H17NO/c1-10(15(2)3)12-9-8-11-6-4-5-7-13(11)14(12)16/h4-10,16H,1-3H3. The summed E-state index contributed by atoms with van der Waals surface area (Å²) in [5, 5.41) is 12.2. The number of rotatable bonds is 2. The average Bonchev–Trinajstić information content (AvgIpc) is 2.29. The lowest BCUT2D eigenvalue weighted by molar-refractivity contribution is 0.312. The molecule has 2 heteroatoms. The van der Waals surface area contributed by atoms with Crippen LogP contribution >= 0.6 is 0 Å². The summed E-state index contributed by atoms with van der Waals surface area (Å²) >= 11 is 0. The van der Waals surface area contributed by atoms with Crippen molar-refractivity contribution in [1.29, 1.82) is 0 Å². The van der Waals surface area contributed by atoms with E-state index < -0.39 is 0 Å². The number of fused-ring (bicyclic) bond motifs is 1. The number of benzene rings is 2. The van der Waals surface area contributed by atoms with Crippen molar-refractivity contribution in [3.05, 3.63) is 42.0 Å². The molecule has 0 aromatic heterocycles. The molecule has 0 aliphatic rings. The molecule has 84 valence electrons. The van der Waals surface area contributed by atoms with Gasteiger partial charge in [-0.25, -0.2) is 0 Å². The van der Waals surface area contributed by atoms with Crippen LogP contribution in [0.25, 0.3) is 10.8 Å². The molecule has 0 amide bonds. The molecule has 16 heavy (non-hydrogen) atoms. The quantitative estimate of drug-likeness (QED) is 0.831. The van der Waals surface area contributed by atoms with Crippen LogP contribution in [0.15, 0.2) is 36.4 Å². The van der Waals surface area contributed by atoms with Gasteiger partial charge in [0, 0.05) is 17.0 Å². The van der Waals surface area contributed by atoms with E-state index in [1.165, 1.54) is 0 Å². The molecule has 2 rings (SSSR count). The van der Waals surface area contributed by atoms with Gasteiger partial charge >= 0.3 is 0 Å². The molecule has 2 nitrogen and oxygen atoms in total. The van der Waals surface area contributed by atoms with Gasteiger partial charge in [0.1, 0.15) is 5.75 Å². The van der Waals surface area contributed by atoms with Gasteiger partial charge in [-0.15, -0.1) is 0 Å². The molecule has 0 fully saturated rings. The predicted molar refractivity (Wildman–Crippen MR) is 67.7 cm³/mol. The fourth-order valence-corrected chi connectivity index (χ4v) is 1.89. The van der Waals surface area contributed by atoms with Gasteiger partial charge in [-0.3, -0.25) is 0 Å². The molecule has 1 unspecified atom stereocenters. The van der Waals surface area contributed by atoms with Crippen LogP contribution in [0, 0.1) is 0 Å². The van der Waals surface area contributed by atoms with Gasteiger partial charge < -0.3 is 10.0 Å². The number of nitrogens with zero attached hydrogens (tertiary/aromatic N) is 1. The summed E-state index contributed by atoms with van der Waals surface area (Å²) in [6.45, 7) is 2.09. The fourth-order valence-electron chi connectivity index (χ4n) is 1.89. The number of hydrogen-bond acceptors (Lipinski definition) is 2. The first kappa shape index (κ1) is 11.0. The summed E-state index contributed by atoms with van der Waals surface area (Å²) < 4.78 is 0. The van der Waals surface area contributed by atoms with Gasteiger partial charge in [0.15, 0.2) is 0 Å². The van der Waals surface area contributed by atoms with Crippen LogP contribution in [-0.2, 0) is 0 Å². The topological polar surface area (TPSA) is 23.5 Å². The van der Waals surface area contributed by atoms with Crippen LogP contribution in [0.2, 0.25) is 0 Å². The van der Waals surface area contributed by atoms with Gasteiger partial charge in [0.25, 0.3) is 0 Å². The summed E-state index contributed by atoms with van der Waals surface area (Å²) in [6, 6.07) is 12.2. The molecule has 0 heterocycles. The zero-order valence-corrected chi connectivity index (χ0v) is 9.94. The Hall–Kier alpha value is -1.54. The Morgan fingerprint density at radius 3 is 2.44 bits per heavy atom. The van der Waals surface area contributed by atoms with Crippen LogP contribution in [-0.4, -0.2) is 24.1 Å². The molecule has 1 N–H and O–H groups in total. The van der Waals surface area contributed by atoms with Crippen molar-refractivity contribution < 1.29 is 5.11 Å². The smallest absolute Gasteiger partial charge is 0.128 e. The molecule has 2 aromatic rings. The van der Waals surface area contributed by atoms with E-state index in [4.69, 9.17) is 0 Å². The summed E-state index contributed by atoms with van der Waals surface area (Å²) in [7, 11) is 4.03. The largest absolute Gasteiger partial charge is 0.507 e. The monoisotopic (exact) mass is 215 g/mol. The van der Waals surface area contributed by atoms with Crippen molar-refractivity contribution in [3.8, 4) is 5.75 Å². The maximum atomic E-state index is 10.2. The summed E-state index contributed by atoms with van der Waals surface area (Å²) in [6.07, 6.45) is 0. The number of phenolic OH excluding ortho intramolecular Hbond substituents is 1. The molecule has 0 radical (unpaired) electrons. The Kier molecular flexibility index (Phi) is 2.84. The first-order valence-corrected chi connectivity index (χ1v) is 5.48. The Labute approximate surface area is 96.1 Å². The number of hydrogen-bond donors (Lipinski definition) is 1. The lowest BCUT2D eigenvalue weighted by Gasteiger charge is -2.21. The average molecular weight is 215 g/mol. The second-order valence-corrected chi connectivity index (χ2v) is 4.36. The van der Waals surface area contributed by atoms with E-state index >= 15 is 0 Å². The number of phenols is 1. The van der Waals surface area contributed by atoms with Crippen molar-refractivity contribution in [2.75, 3.05) is 14.1 Å². The highest BCUT2D eigenvalue weighted by Gasteiger charge is 2.13. The van der Waals surface area contributed by atoms with Crippen LogP contribution in [0.1, 0.15) is 18.5 Å². The number of aromatic hydroxyl groups is 1. The maximum absolute atomic E-state index is 10.2. The molecular weight excluding hydrogens is 198 g/mol. The maximum Gasteiger partial charge on any atom is 0.128 e. The van der Waals surface area contributed by atoms with E-state index in [-0.39, 0.29) is 6.04 Å². The van der Waals surface area contributed by atoms with Gasteiger partial charge in [0.05, 0.1) is 0 Å². The molecule has 0 saturated heterocycles. The van der Waals surface area contributed by atoms with Crippen molar-refractivity contribution in [1.82, 2.24) is 4.90 Å². The lowest BCUT2D eigenvalue weighted by atomic mass is 10.0. The van der Waals surface area contributed by atoms with Gasteiger partial charge in [-0.1, -0.05) is 36.4 Å². The third-order valence-electron chi connectivity index (χ3n) is 3.16. The Morgan fingerprint density at radius 1 is 1.06 bits per heavy atom. The highest BCUT2D eigenvalue weighted by atomic mass is 16.3. The van der Waals surface area contributed by atoms with Crippen LogP contribution in [0.3, 0.4) is 0 Å². The Morgan fingerprint density at radius 2 is 1.75 bits per heavy atom. The van der Waals surface area contributed by atoms with Crippen LogP contribution in [0.5, 0.6) is 5.75 Å². The molecule has 0 saturated carbocycles. The van der Waals surface area contributed by atoms with Crippen molar-refractivity contribution in [2.24, 2.45) is 0 Å². The second kappa shape index (κ2) is 4.14. The summed E-state index contributed by atoms with van der Waals surface area (Å²) in [5.41, 5.74) is 0.976. The zero-order valence-electron chi connectivity index (χ0n) is 9.94. The lowest BCUT2D eigenvalue weighted by Crippen LogP contribution is -2.16. The molecule has 0 bridgehead atoms. The molecule has 0 spiro atoms.